The van der Waals surface area contributed by atoms with Crippen LogP contribution < -0.4 is 0 Å². The van der Waals surface area contributed by atoms with Gasteiger partial charge in [0.25, 0.3) is 0 Å². The Kier molecular flexibility index (Phi) is 7.01. The zero-order valence-corrected chi connectivity index (χ0v) is 11.4. The Balaban J connectivity index is 0.000000366. The van der Waals surface area contributed by atoms with Gasteiger partial charge in [-0.1, -0.05) is 0 Å². The minimum absolute atomic E-state index is 0.808. The lowest BCUT2D eigenvalue weighted by Gasteiger charge is -2.10. The summed E-state index contributed by atoms with van der Waals surface area (Å²) >= 11 is 0. The van der Waals surface area contributed by atoms with Crippen LogP contribution in [0, 0.1) is 0 Å². The number of rotatable bonds is 2. The number of hydrogen-bond acceptors (Lipinski definition) is 5. The molecule has 0 amide bonds. The first-order valence-corrected chi connectivity index (χ1v) is 6.42. The van der Waals surface area contributed by atoms with E-state index >= 15 is 0 Å². The maximum Gasteiger partial charge on any atom is 0.217 e. The van der Waals surface area contributed by atoms with E-state index in [0.29, 0.717) is 0 Å². The summed E-state index contributed by atoms with van der Waals surface area (Å²) in [4.78, 5) is 0. The summed E-state index contributed by atoms with van der Waals surface area (Å²) in [6, 6.07) is 0. The predicted molar refractivity (Wildman–Crippen MR) is 62.8 cm³/mol. The summed E-state index contributed by atoms with van der Waals surface area (Å²) in [5, 5.41) is 0. The molecule has 1 rings (SSSR count). The van der Waals surface area contributed by atoms with Crippen LogP contribution in [0.15, 0.2) is 11.8 Å². The number of allylic oxidation sites excluding steroid dienone is 2. The van der Waals surface area contributed by atoms with Gasteiger partial charge in [0.05, 0.1) is 14.2 Å². The molecule has 0 atom stereocenters. The van der Waals surface area contributed by atoms with Crippen LogP contribution in [0.4, 0.5) is 0 Å². The molecule has 0 bridgehead atoms. The Morgan fingerprint density at radius 2 is 1.82 bits per heavy atom. The molecule has 0 saturated carbocycles. The third-order valence-corrected chi connectivity index (χ3v) is 2.63. The van der Waals surface area contributed by atoms with E-state index in [4.69, 9.17) is 4.74 Å². The minimum atomic E-state index is -4.41. The third-order valence-electron chi connectivity index (χ3n) is 2.22. The second kappa shape index (κ2) is 7.41. The molecular formula is C10H19NO5S. The SMILES string of the molecule is COC1=CC(=[N+](C)C)CCC1.COS(=O)(=O)[O-]. The van der Waals surface area contributed by atoms with Gasteiger partial charge in [0, 0.05) is 18.9 Å². The van der Waals surface area contributed by atoms with Crippen LogP contribution in [-0.4, -0.2) is 51.6 Å². The molecule has 100 valence electrons. The zero-order chi connectivity index (χ0) is 13.5. The lowest BCUT2D eigenvalue weighted by atomic mass is 10.0. The summed E-state index contributed by atoms with van der Waals surface area (Å²) in [6.45, 7) is 0. The second-order valence-corrected chi connectivity index (χ2v) is 4.78. The van der Waals surface area contributed by atoms with Gasteiger partial charge in [-0.05, 0) is 6.42 Å². The number of nitrogens with zero attached hydrogens (tertiary/aromatic N) is 1. The van der Waals surface area contributed by atoms with Crippen LogP contribution in [0.2, 0.25) is 0 Å². The molecule has 0 aromatic rings. The van der Waals surface area contributed by atoms with Gasteiger partial charge in [-0.3, -0.25) is 4.18 Å². The topological polar surface area (TPSA) is 78.7 Å². The molecule has 0 fully saturated rings. The lowest BCUT2D eigenvalue weighted by Crippen LogP contribution is -2.15. The van der Waals surface area contributed by atoms with Crippen LogP contribution in [-0.2, 0) is 19.3 Å². The highest BCUT2D eigenvalue weighted by atomic mass is 32.3. The summed E-state index contributed by atoms with van der Waals surface area (Å²) < 4.78 is 38.4. The van der Waals surface area contributed by atoms with Crippen LogP contribution in [0.25, 0.3) is 0 Å². The van der Waals surface area contributed by atoms with Crippen molar-refractivity contribution in [1.29, 1.82) is 0 Å². The van der Waals surface area contributed by atoms with Crippen molar-refractivity contribution in [3.05, 3.63) is 11.8 Å². The van der Waals surface area contributed by atoms with Crippen LogP contribution in [0.1, 0.15) is 19.3 Å². The zero-order valence-electron chi connectivity index (χ0n) is 10.6. The van der Waals surface area contributed by atoms with E-state index in [1.54, 1.807) is 7.11 Å². The highest BCUT2D eigenvalue weighted by molar-refractivity contribution is 7.80. The third kappa shape index (κ3) is 7.89. The Hall–Kier alpha value is -0.920. The van der Waals surface area contributed by atoms with Crippen LogP contribution in [0.5, 0.6) is 0 Å². The van der Waals surface area contributed by atoms with E-state index in [-0.39, 0.29) is 0 Å². The molecule has 0 spiro atoms. The van der Waals surface area contributed by atoms with Crippen molar-refractivity contribution in [3.63, 3.8) is 0 Å². The Morgan fingerprint density at radius 1 is 1.29 bits per heavy atom. The molecule has 6 nitrogen and oxygen atoms in total. The van der Waals surface area contributed by atoms with Crippen LogP contribution >= 0.6 is 0 Å². The summed E-state index contributed by atoms with van der Waals surface area (Å²) in [5.41, 5.74) is 1.37. The number of ether oxygens (including phenoxy) is 1. The van der Waals surface area contributed by atoms with Gasteiger partial charge >= 0.3 is 0 Å². The van der Waals surface area contributed by atoms with E-state index < -0.39 is 10.4 Å². The average molecular weight is 265 g/mol. The maximum atomic E-state index is 9.22. The molecule has 0 aliphatic heterocycles. The predicted octanol–water partition coefficient (Wildman–Crippen LogP) is 0.507. The number of methoxy groups -OCH3 is 1. The maximum absolute atomic E-state index is 9.22. The fourth-order valence-electron chi connectivity index (χ4n) is 1.29. The fourth-order valence-corrected chi connectivity index (χ4v) is 1.29. The first-order valence-electron chi connectivity index (χ1n) is 5.09. The monoisotopic (exact) mass is 265 g/mol. The van der Waals surface area contributed by atoms with Gasteiger partial charge in [-0.25, -0.2) is 13.0 Å². The minimum Gasteiger partial charge on any atom is -0.726 e. The first kappa shape index (κ1) is 16.1. The van der Waals surface area contributed by atoms with E-state index in [1.165, 1.54) is 18.6 Å². The van der Waals surface area contributed by atoms with Gasteiger partial charge in [0.15, 0.2) is 5.71 Å². The quantitative estimate of drug-likeness (QED) is 0.413. The highest BCUT2D eigenvalue weighted by Crippen LogP contribution is 2.15. The van der Waals surface area contributed by atoms with Crippen molar-refractivity contribution in [2.75, 3.05) is 28.3 Å². The molecular weight excluding hydrogens is 246 g/mol. The largest absolute Gasteiger partial charge is 0.726 e. The summed E-state index contributed by atoms with van der Waals surface area (Å²) in [7, 11) is 2.28. The summed E-state index contributed by atoms with van der Waals surface area (Å²) in [6.07, 6.45) is 5.63. The molecule has 0 radical (unpaired) electrons. The first-order chi connectivity index (χ1) is 7.80. The van der Waals surface area contributed by atoms with Crippen molar-refractivity contribution in [2.45, 2.75) is 19.3 Å². The van der Waals surface area contributed by atoms with Gasteiger partial charge in [0.2, 0.25) is 10.4 Å². The lowest BCUT2D eigenvalue weighted by molar-refractivity contribution is -0.465. The van der Waals surface area contributed by atoms with Crippen molar-refractivity contribution in [3.8, 4) is 0 Å². The van der Waals surface area contributed by atoms with Gasteiger partial charge < -0.3 is 9.29 Å². The van der Waals surface area contributed by atoms with Crippen LogP contribution in [0.3, 0.4) is 0 Å². The molecule has 1 aliphatic rings. The van der Waals surface area contributed by atoms with Crippen molar-refractivity contribution >= 4 is 16.1 Å². The molecule has 7 heteroatoms. The molecule has 0 unspecified atom stereocenters. The van der Waals surface area contributed by atoms with E-state index in [9.17, 15) is 13.0 Å². The van der Waals surface area contributed by atoms with Crippen molar-refractivity contribution in [2.24, 2.45) is 0 Å². The van der Waals surface area contributed by atoms with Gasteiger partial charge in [0.1, 0.15) is 19.9 Å². The van der Waals surface area contributed by atoms with Gasteiger partial charge in [-0.2, -0.15) is 0 Å². The Bertz CT molecular complexity index is 393. The highest BCUT2D eigenvalue weighted by Gasteiger charge is 2.13. The average Bonchev–Trinajstić information content (AvgIpc) is 2.29. The molecule has 0 saturated heterocycles. The summed E-state index contributed by atoms with van der Waals surface area (Å²) in [5.74, 6) is 1.11. The second-order valence-electron chi connectivity index (χ2n) is 3.63. The Labute approximate surface area is 103 Å². The molecule has 0 aromatic carbocycles. The van der Waals surface area contributed by atoms with E-state index in [2.05, 4.69) is 28.9 Å². The Morgan fingerprint density at radius 3 is 2.18 bits per heavy atom. The normalized spacial score (nSPS) is 15.6. The van der Waals surface area contributed by atoms with Gasteiger partial charge in [-0.15, -0.1) is 0 Å². The molecule has 17 heavy (non-hydrogen) atoms. The van der Waals surface area contributed by atoms with Crippen molar-refractivity contribution < 1.29 is 26.5 Å². The van der Waals surface area contributed by atoms with E-state index in [1.807, 2.05) is 0 Å². The molecule has 0 aromatic heterocycles. The molecule has 0 N–H and O–H groups in total. The van der Waals surface area contributed by atoms with E-state index in [0.717, 1.165) is 19.3 Å². The molecule has 0 heterocycles. The molecule has 1 aliphatic carbocycles. The van der Waals surface area contributed by atoms with Crippen molar-refractivity contribution in [1.82, 2.24) is 0 Å². The number of hydrogen-bond donors (Lipinski definition) is 0. The standard InChI is InChI=1S/C9H16NO.CH4O4S/c1-10(2)8-5-4-6-9(7-8)11-3;1-5-6(2,3)4/h7H,4-6H2,1-3H3;1H3,(H,2,3,4)/q+1;/p-1. The smallest absolute Gasteiger partial charge is 0.217 e. The fraction of sp³-hybridized carbons (Fsp3) is 0.700.